The minimum Gasteiger partial charge on any atom is -0.481 e. The van der Waals surface area contributed by atoms with Crippen LogP contribution >= 0.6 is 22.7 Å². The van der Waals surface area contributed by atoms with E-state index in [4.69, 9.17) is 0 Å². The van der Waals surface area contributed by atoms with Crippen LogP contribution in [0.3, 0.4) is 0 Å². The van der Waals surface area contributed by atoms with Crippen molar-refractivity contribution in [2.75, 3.05) is 0 Å². The standard InChI is InChI=1S/C17H14O3S2/c18-16-11(9-14-3-1-5-21-14)7-13(17(19)20)8-12(16)10-15-4-2-6-22-15/h1-6,9-10,13H,7-8H2,(H,19,20). The largest absolute Gasteiger partial charge is 0.481 e. The van der Waals surface area contributed by atoms with Crippen LogP contribution in [0.2, 0.25) is 0 Å². The molecule has 2 aromatic rings. The number of aliphatic carboxylic acids is 1. The van der Waals surface area contributed by atoms with E-state index in [2.05, 4.69) is 0 Å². The van der Waals surface area contributed by atoms with Gasteiger partial charge in [0.05, 0.1) is 5.92 Å². The molecule has 3 rings (SSSR count). The first-order chi connectivity index (χ1) is 10.6. The fraction of sp³-hybridized carbons (Fsp3) is 0.176. The minimum atomic E-state index is -0.846. The molecule has 2 aromatic heterocycles. The smallest absolute Gasteiger partial charge is 0.307 e. The van der Waals surface area contributed by atoms with Gasteiger partial charge in [0.25, 0.3) is 0 Å². The molecule has 22 heavy (non-hydrogen) atoms. The Balaban J connectivity index is 1.97. The lowest BCUT2D eigenvalue weighted by molar-refractivity contribution is -0.142. The third-order valence-electron chi connectivity index (χ3n) is 3.58. The van der Waals surface area contributed by atoms with Gasteiger partial charge in [-0.1, -0.05) is 12.1 Å². The highest BCUT2D eigenvalue weighted by Crippen LogP contribution is 2.33. The molecular weight excluding hydrogens is 316 g/mol. The van der Waals surface area contributed by atoms with Crippen LogP contribution in [0.1, 0.15) is 22.6 Å². The average Bonchev–Trinajstić information content (AvgIpc) is 3.16. The monoisotopic (exact) mass is 330 g/mol. The van der Waals surface area contributed by atoms with Gasteiger partial charge in [-0.15, -0.1) is 22.7 Å². The van der Waals surface area contributed by atoms with Gasteiger partial charge in [0.1, 0.15) is 0 Å². The number of carboxylic acids is 1. The highest BCUT2D eigenvalue weighted by molar-refractivity contribution is 7.11. The molecule has 5 heteroatoms. The molecule has 3 nitrogen and oxygen atoms in total. The van der Waals surface area contributed by atoms with Crippen LogP contribution in [-0.2, 0) is 9.59 Å². The van der Waals surface area contributed by atoms with Crippen LogP contribution in [0, 0.1) is 5.92 Å². The van der Waals surface area contributed by atoms with E-state index in [-0.39, 0.29) is 5.78 Å². The highest BCUT2D eigenvalue weighted by atomic mass is 32.1. The zero-order valence-electron chi connectivity index (χ0n) is 11.7. The number of carbonyl (C=O) groups excluding carboxylic acids is 1. The van der Waals surface area contributed by atoms with E-state index < -0.39 is 11.9 Å². The molecule has 2 heterocycles. The van der Waals surface area contributed by atoms with Crippen LogP contribution in [0.25, 0.3) is 12.2 Å². The van der Waals surface area contributed by atoms with Gasteiger partial charge in [-0.2, -0.15) is 0 Å². The van der Waals surface area contributed by atoms with Crippen molar-refractivity contribution >= 4 is 46.6 Å². The van der Waals surface area contributed by atoms with Gasteiger partial charge in [-0.05, 0) is 47.9 Å². The third-order valence-corrected chi connectivity index (χ3v) is 5.22. The van der Waals surface area contributed by atoms with Crippen LogP contribution in [0.15, 0.2) is 46.2 Å². The van der Waals surface area contributed by atoms with Crippen molar-refractivity contribution in [2.45, 2.75) is 12.8 Å². The van der Waals surface area contributed by atoms with Crippen LogP contribution < -0.4 is 0 Å². The number of Topliss-reactive ketones (excluding diaryl/α,β-unsaturated/α-hetero) is 1. The Labute approximate surface area is 136 Å². The van der Waals surface area contributed by atoms with E-state index in [9.17, 15) is 14.7 Å². The second-order valence-corrected chi connectivity index (χ2v) is 7.10. The molecule has 0 bridgehead atoms. The SMILES string of the molecule is O=C1C(=Cc2cccs2)CC(C(=O)O)CC1=Cc1cccs1. The molecule has 1 saturated carbocycles. The maximum atomic E-state index is 12.6. The molecule has 0 amide bonds. The van der Waals surface area contributed by atoms with Crippen LogP contribution in [-0.4, -0.2) is 16.9 Å². The van der Waals surface area contributed by atoms with Gasteiger partial charge >= 0.3 is 5.97 Å². The first-order valence-electron chi connectivity index (χ1n) is 6.89. The summed E-state index contributed by atoms with van der Waals surface area (Å²) >= 11 is 3.08. The fourth-order valence-electron chi connectivity index (χ4n) is 2.51. The van der Waals surface area contributed by atoms with Gasteiger partial charge in [0, 0.05) is 20.9 Å². The third kappa shape index (κ3) is 3.26. The number of rotatable bonds is 3. The molecule has 0 aliphatic heterocycles. The molecular formula is C17H14O3S2. The first kappa shape index (κ1) is 14.9. The topological polar surface area (TPSA) is 54.4 Å². The van der Waals surface area contributed by atoms with E-state index in [1.807, 2.05) is 47.2 Å². The number of carbonyl (C=O) groups is 2. The summed E-state index contributed by atoms with van der Waals surface area (Å²) < 4.78 is 0. The molecule has 0 unspecified atom stereocenters. The van der Waals surface area contributed by atoms with Gasteiger partial charge < -0.3 is 5.11 Å². The molecule has 0 spiro atoms. The fourth-order valence-corrected chi connectivity index (χ4v) is 3.87. The van der Waals surface area contributed by atoms with Crippen LogP contribution in [0.5, 0.6) is 0 Å². The Hall–Kier alpha value is -1.98. The second-order valence-electron chi connectivity index (χ2n) is 5.14. The zero-order valence-corrected chi connectivity index (χ0v) is 13.3. The molecule has 0 atom stereocenters. The molecule has 1 fully saturated rings. The molecule has 0 aromatic carbocycles. The van der Waals surface area contributed by atoms with Crippen molar-refractivity contribution in [3.8, 4) is 0 Å². The number of thiophene rings is 2. The van der Waals surface area contributed by atoms with E-state index in [0.717, 1.165) is 9.75 Å². The normalized spacial score (nSPS) is 22.4. The second kappa shape index (κ2) is 6.42. The van der Waals surface area contributed by atoms with Crippen LogP contribution in [0.4, 0.5) is 0 Å². The summed E-state index contributed by atoms with van der Waals surface area (Å²) in [5.74, 6) is -1.41. The summed E-state index contributed by atoms with van der Waals surface area (Å²) in [4.78, 5) is 26.0. The first-order valence-corrected chi connectivity index (χ1v) is 8.65. The van der Waals surface area contributed by atoms with Crippen molar-refractivity contribution in [3.05, 3.63) is 55.9 Å². The minimum absolute atomic E-state index is 0.0284. The van der Waals surface area contributed by atoms with Crippen molar-refractivity contribution in [1.82, 2.24) is 0 Å². The summed E-state index contributed by atoms with van der Waals surface area (Å²) in [5, 5.41) is 13.2. The Morgan fingerprint density at radius 2 is 1.55 bits per heavy atom. The van der Waals surface area contributed by atoms with Gasteiger partial charge in [-0.3, -0.25) is 9.59 Å². The lowest BCUT2D eigenvalue weighted by Gasteiger charge is -2.22. The molecule has 0 saturated heterocycles. The Morgan fingerprint density at radius 3 is 1.91 bits per heavy atom. The molecule has 1 aliphatic rings. The predicted octanol–water partition coefficient (Wildman–Crippen LogP) is 4.34. The Bertz CT molecular complexity index is 681. The molecule has 1 aliphatic carbocycles. The summed E-state index contributed by atoms with van der Waals surface area (Å²) in [6, 6.07) is 7.69. The highest BCUT2D eigenvalue weighted by Gasteiger charge is 2.31. The zero-order chi connectivity index (χ0) is 15.5. The molecule has 112 valence electrons. The number of hydrogen-bond donors (Lipinski definition) is 1. The van der Waals surface area contributed by atoms with E-state index in [1.165, 1.54) is 0 Å². The lowest BCUT2D eigenvalue weighted by Crippen LogP contribution is -2.25. The van der Waals surface area contributed by atoms with E-state index in [1.54, 1.807) is 22.7 Å². The number of allylic oxidation sites excluding steroid dienone is 2. The maximum absolute atomic E-state index is 12.6. The molecule has 0 radical (unpaired) electrons. The van der Waals surface area contributed by atoms with E-state index >= 15 is 0 Å². The van der Waals surface area contributed by atoms with Crippen molar-refractivity contribution < 1.29 is 14.7 Å². The predicted molar refractivity (Wildman–Crippen MR) is 90.0 cm³/mol. The van der Waals surface area contributed by atoms with Crippen molar-refractivity contribution in [3.63, 3.8) is 0 Å². The number of carboxylic acid groups (broad SMARTS) is 1. The summed E-state index contributed by atoms with van der Waals surface area (Å²) in [6.45, 7) is 0. The van der Waals surface area contributed by atoms with Gasteiger partial charge in [-0.25, -0.2) is 0 Å². The van der Waals surface area contributed by atoms with Gasteiger partial charge in [0.15, 0.2) is 5.78 Å². The molecule has 1 N–H and O–H groups in total. The summed E-state index contributed by atoms with van der Waals surface area (Å²) in [6.07, 6.45) is 4.25. The maximum Gasteiger partial charge on any atom is 0.307 e. The summed E-state index contributed by atoms with van der Waals surface area (Å²) in [5.41, 5.74) is 1.17. The van der Waals surface area contributed by atoms with Gasteiger partial charge in [0.2, 0.25) is 0 Å². The number of hydrogen-bond acceptors (Lipinski definition) is 4. The van der Waals surface area contributed by atoms with Crippen molar-refractivity contribution in [1.29, 1.82) is 0 Å². The Kier molecular flexibility index (Phi) is 4.36. The summed E-state index contributed by atoms with van der Waals surface area (Å²) in [7, 11) is 0. The lowest BCUT2D eigenvalue weighted by atomic mass is 9.80. The Morgan fingerprint density at radius 1 is 1.05 bits per heavy atom. The van der Waals surface area contributed by atoms with Crippen molar-refractivity contribution in [2.24, 2.45) is 5.92 Å². The quantitative estimate of drug-likeness (QED) is 0.852. The van der Waals surface area contributed by atoms with E-state index in [0.29, 0.717) is 24.0 Å². The average molecular weight is 330 g/mol. The number of ketones is 1.